The predicted molar refractivity (Wildman–Crippen MR) is 127 cm³/mol. The number of aryl methyl sites for hydroxylation is 2. The molecule has 1 saturated heterocycles. The molecular weight excluding hydrogens is 418 g/mol. The van der Waals surface area contributed by atoms with Gasteiger partial charge in [-0.3, -0.25) is 4.90 Å². The molecule has 1 N–H and O–H groups in total. The van der Waals surface area contributed by atoms with Gasteiger partial charge in [-0.25, -0.2) is 4.98 Å². The molecule has 0 spiro atoms. The van der Waals surface area contributed by atoms with E-state index in [2.05, 4.69) is 26.6 Å². The molecule has 176 valence electrons. The summed E-state index contributed by atoms with van der Waals surface area (Å²) in [5.74, 6) is 2.58. The Balaban J connectivity index is 1.32. The Labute approximate surface area is 195 Å². The summed E-state index contributed by atoms with van der Waals surface area (Å²) in [6.07, 6.45) is 3.76. The summed E-state index contributed by atoms with van der Waals surface area (Å²) in [6.45, 7) is 8.29. The monoisotopic (exact) mass is 451 g/mol. The quantitative estimate of drug-likeness (QED) is 0.539. The van der Waals surface area contributed by atoms with Crippen molar-refractivity contribution in [2.75, 3.05) is 39.5 Å². The van der Waals surface area contributed by atoms with Crippen molar-refractivity contribution in [1.82, 2.24) is 14.5 Å². The van der Waals surface area contributed by atoms with Gasteiger partial charge in [-0.05, 0) is 49.2 Å². The first kappa shape index (κ1) is 23.3. The second kappa shape index (κ2) is 10.8. The molecule has 1 atom stereocenters. The first-order valence-corrected chi connectivity index (χ1v) is 11.4. The van der Waals surface area contributed by atoms with Gasteiger partial charge >= 0.3 is 0 Å². The van der Waals surface area contributed by atoms with E-state index in [9.17, 15) is 5.11 Å². The maximum atomic E-state index is 11.2. The number of ether oxygens (including phenoxy) is 3. The molecule has 0 unspecified atom stereocenters. The maximum absolute atomic E-state index is 11.2. The Morgan fingerprint density at radius 3 is 2.70 bits per heavy atom. The smallest absolute Gasteiger partial charge is 0.134 e. The Morgan fingerprint density at radius 1 is 1.09 bits per heavy atom. The zero-order valence-electron chi connectivity index (χ0n) is 19.4. The Bertz CT molecular complexity index is 1040. The lowest BCUT2D eigenvalue weighted by Gasteiger charge is -2.30. The van der Waals surface area contributed by atoms with Crippen molar-refractivity contribution in [1.29, 1.82) is 0 Å². The highest BCUT2D eigenvalue weighted by Gasteiger charge is 2.33. The minimum absolute atomic E-state index is 0.184. The van der Waals surface area contributed by atoms with Gasteiger partial charge in [0, 0.05) is 32.0 Å². The molecule has 7 nitrogen and oxygen atoms in total. The van der Waals surface area contributed by atoms with Crippen LogP contribution < -0.4 is 9.47 Å². The number of aliphatic hydroxyl groups is 1. The number of benzene rings is 2. The molecule has 0 bridgehead atoms. The second-order valence-corrected chi connectivity index (χ2v) is 8.76. The summed E-state index contributed by atoms with van der Waals surface area (Å²) in [5, 5.41) is 11.2. The summed E-state index contributed by atoms with van der Waals surface area (Å²) < 4.78 is 19.6. The van der Waals surface area contributed by atoms with Crippen LogP contribution in [0.25, 0.3) is 0 Å². The Morgan fingerprint density at radius 2 is 1.91 bits per heavy atom. The molecule has 1 aliphatic rings. The minimum Gasteiger partial charge on any atom is -0.492 e. The lowest BCUT2D eigenvalue weighted by molar-refractivity contribution is -0.0646. The number of imidazole rings is 1. The van der Waals surface area contributed by atoms with Crippen LogP contribution >= 0.6 is 0 Å². The number of hydrogen-bond donors (Lipinski definition) is 1. The van der Waals surface area contributed by atoms with Crippen LogP contribution in [0.2, 0.25) is 0 Å². The molecule has 1 aromatic heterocycles. The fraction of sp³-hybridized carbons (Fsp3) is 0.423. The van der Waals surface area contributed by atoms with E-state index >= 15 is 0 Å². The van der Waals surface area contributed by atoms with E-state index < -0.39 is 5.60 Å². The number of hydrogen-bond acceptors (Lipinski definition) is 6. The third-order valence-electron chi connectivity index (χ3n) is 5.77. The third-order valence-corrected chi connectivity index (χ3v) is 5.77. The minimum atomic E-state index is -1.07. The molecule has 0 amide bonds. The van der Waals surface area contributed by atoms with E-state index in [1.54, 1.807) is 6.20 Å². The number of rotatable bonds is 9. The molecule has 1 fully saturated rings. The van der Waals surface area contributed by atoms with Crippen LogP contribution in [0.3, 0.4) is 0 Å². The van der Waals surface area contributed by atoms with Crippen molar-refractivity contribution in [2.24, 2.45) is 0 Å². The normalized spacial score (nSPS) is 19.2. The van der Waals surface area contributed by atoms with Crippen molar-refractivity contribution in [2.45, 2.75) is 32.5 Å². The molecule has 2 heterocycles. The third kappa shape index (κ3) is 6.81. The van der Waals surface area contributed by atoms with Gasteiger partial charge in [0.25, 0.3) is 0 Å². The highest BCUT2D eigenvalue weighted by molar-refractivity contribution is 5.29. The van der Waals surface area contributed by atoms with Gasteiger partial charge in [0.2, 0.25) is 0 Å². The van der Waals surface area contributed by atoms with Gasteiger partial charge in [0.05, 0.1) is 19.8 Å². The summed E-state index contributed by atoms with van der Waals surface area (Å²) >= 11 is 0. The van der Waals surface area contributed by atoms with Crippen LogP contribution in [0.1, 0.15) is 17.0 Å². The van der Waals surface area contributed by atoms with Gasteiger partial charge in [0.15, 0.2) is 0 Å². The molecule has 33 heavy (non-hydrogen) atoms. The highest BCUT2D eigenvalue weighted by Crippen LogP contribution is 2.20. The molecule has 0 aliphatic carbocycles. The van der Waals surface area contributed by atoms with Gasteiger partial charge in [0.1, 0.15) is 36.1 Å². The molecule has 4 rings (SSSR count). The van der Waals surface area contributed by atoms with Gasteiger partial charge in [-0.15, -0.1) is 0 Å². The molecular formula is C26H33N3O4. The first-order chi connectivity index (χ1) is 16.0. The summed E-state index contributed by atoms with van der Waals surface area (Å²) in [7, 11) is 0. The molecule has 0 radical (unpaired) electrons. The van der Waals surface area contributed by atoms with Crippen molar-refractivity contribution in [3.05, 3.63) is 77.9 Å². The molecule has 0 saturated carbocycles. The van der Waals surface area contributed by atoms with E-state index in [4.69, 9.17) is 14.2 Å². The standard InChI is InChI=1S/C26H33N3O4/c1-21-5-3-7-24(15-21)33-20-26(30)18-28(11-13-31-19-26)17-23-6-4-8-25(16-23)32-14-12-29-10-9-27-22(29)2/h3-10,15-16,30H,11-14,17-20H2,1-2H3/t26-/m1/s1. The maximum Gasteiger partial charge on any atom is 0.134 e. The summed E-state index contributed by atoms with van der Waals surface area (Å²) in [5.41, 5.74) is 1.19. The van der Waals surface area contributed by atoms with E-state index in [0.717, 1.165) is 41.5 Å². The molecule has 3 aromatic rings. The van der Waals surface area contributed by atoms with Crippen LogP contribution in [0.5, 0.6) is 11.5 Å². The number of nitrogens with zero attached hydrogens (tertiary/aromatic N) is 3. The van der Waals surface area contributed by atoms with Crippen molar-refractivity contribution >= 4 is 0 Å². The van der Waals surface area contributed by atoms with Crippen LogP contribution in [-0.2, 0) is 17.8 Å². The number of β-amino-alcohol motifs (C(OH)–C–C–N with tert-alkyl or cyclic N) is 1. The summed E-state index contributed by atoms with van der Waals surface area (Å²) in [6, 6.07) is 16.0. The Kier molecular flexibility index (Phi) is 7.65. The first-order valence-electron chi connectivity index (χ1n) is 11.4. The second-order valence-electron chi connectivity index (χ2n) is 8.76. The zero-order valence-corrected chi connectivity index (χ0v) is 19.4. The van der Waals surface area contributed by atoms with Gasteiger partial charge in [-0.2, -0.15) is 0 Å². The Hall–Kier alpha value is -2.87. The van der Waals surface area contributed by atoms with Gasteiger partial charge in [-0.1, -0.05) is 24.3 Å². The highest BCUT2D eigenvalue weighted by atomic mass is 16.5. The van der Waals surface area contributed by atoms with Crippen LogP contribution in [0, 0.1) is 13.8 Å². The number of aromatic nitrogens is 2. The van der Waals surface area contributed by atoms with Crippen LogP contribution in [0.4, 0.5) is 0 Å². The SMILES string of the molecule is Cc1cccc(OC[C@]2(O)COCCN(Cc3cccc(OCCn4ccnc4C)c3)C2)c1. The topological polar surface area (TPSA) is 69.0 Å². The molecule has 7 heteroatoms. The molecule has 2 aromatic carbocycles. The fourth-order valence-corrected chi connectivity index (χ4v) is 4.04. The largest absolute Gasteiger partial charge is 0.492 e. The van der Waals surface area contributed by atoms with E-state index in [1.165, 1.54) is 0 Å². The van der Waals surface area contributed by atoms with E-state index in [-0.39, 0.29) is 13.2 Å². The van der Waals surface area contributed by atoms with Crippen LogP contribution in [0.15, 0.2) is 60.9 Å². The van der Waals surface area contributed by atoms with Crippen molar-refractivity contribution < 1.29 is 19.3 Å². The van der Waals surface area contributed by atoms with Gasteiger partial charge < -0.3 is 23.9 Å². The lowest BCUT2D eigenvalue weighted by atomic mass is 10.1. The fourth-order valence-electron chi connectivity index (χ4n) is 4.04. The predicted octanol–water partition coefficient (Wildman–Crippen LogP) is 3.22. The van der Waals surface area contributed by atoms with Crippen molar-refractivity contribution in [3.63, 3.8) is 0 Å². The van der Waals surface area contributed by atoms with Crippen molar-refractivity contribution in [3.8, 4) is 11.5 Å². The lowest BCUT2D eigenvalue weighted by Crippen LogP contribution is -2.48. The average molecular weight is 452 g/mol. The summed E-state index contributed by atoms with van der Waals surface area (Å²) in [4.78, 5) is 6.45. The van der Waals surface area contributed by atoms with Crippen LogP contribution in [-0.4, -0.2) is 64.7 Å². The zero-order chi connectivity index (χ0) is 23.1. The van der Waals surface area contributed by atoms with E-state index in [0.29, 0.717) is 26.3 Å². The van der Waals surface area contributed by atoms with E-state index in [1.807, 2.05) is 56.4 Å². The average Bonchev–Trinajstić information content (AvgIpc) is 3.10. The molecule has 1 aliphatic heterocycles.